The average molecular weight is 151 g/mol. The predicted octanol–water partition coefficient (Wildman–Crippen LogP) is 1.23. The Morgan fingerprint density at radius 1 is 1.27 bits per heavy atom. The topological polar surface area (TPSA) is 33.1 Å². The van der Waals surface area contributed by atoms with Crippen molar-refractivity contribution in [2.45, 2.75) is 20.3 Å². The molecule has 0 bridgehead atoms. The lowest BCUT2D eigenvalue weighted by Crippen LogP contribution is -1.94. The highest BCUT2D eigenvalue weighted by Crippen LogP contribution is 2.04. The van der Waals surface area contributed by atoms with E-state index in [1.165, 1.54) is 0 Å². The third-order valence-electron chi connectivity index (χ3n) is 1.54. The Hall–Kier alpha value is -0.890. The van der Waals surface area contributed by atoms with Crippen LogP contribution in [0.1, 0.15) is 17.0 Å². The van der Waals surface area contributed by atoms with E-state index in [0.717, 1.165) is 23.4 Å². The molecule has 60 valence electrons. The summed E-state index contributed by atoms with van der Waals surface area (Å²) in [6, 6.07) is 4.01. The van der Waals surface area contributed by atoms with Crippen LogP contribution in [0.5, 0.6) is 0 Å². The van der Waals surface area contributed by atoms with Crippen LogP contribution in [0.2, 0.25) is 0 Å². The second-order valence-electron chi connectivity index (χ2n) is 2.73. The summed E-state index contributed by atoms with van der Waals surface area (Å²) < 4.78 is 0. The number of aryl methyl sites for hydroxylation is 2. The van der Waals surface area contributed by atoms with Gasteiger partial charge in [0.2, 0.25) is 0 Å². The van der Waals surface area contributed by atoms with Crippen molar-refractivity contribution in [3.63, 3.8) is 0 Å². The van der Waals surface area contributed by atoms with E-state index in [-0.39, 0.29) is 6.61 Å². The van der Waals surface area contributed by atoms with Crippen LogP contribution in [0.15, 0.2) is 12.1 Å². The van der Waals surface area contributed by atoms with E-state index in [1.807, 2.05) is 26.0 Å². The summed E-state index contributed by atoms with van der Waals surface area (Å²) in [4.78, 5) is 4.23. The Balaban J connectivity index is 2.89. The highest BCUT2D eigenvalue weighted by Gasteiger charge is 1.94. The molecule has 1 N–H and O–H groups in total. The minimum absolute atomic E-state index is 0.211. The van der Waals surface area contributed by atoms with Crippen molar-refractivity contribution < 1.29 is 5.11 Å². The van der Waals surface area contributed by atoms with Crippen LogP contribution in [0.4, 0.5) is 0 Å². The number of nitrogens with zero attached hydrogens (tertiary/aromatic N) is 1. The lowest BCUT2D eigenvalue weighted by Gasteiger charge is -2.01. The second-order valence-corrected chi connectivity index (χ2v) is 2.73. The molecule has 0 saturated carbocycles. The standard InChI is InChI=1S/C9H13NO/c1-7-5-9(3-4-11)6-8(2)10-7/h5-6,11H,3-4H2,1-2H3. The van der Waals surface area contributed by atoms with Crippen molar-refractivity contribution in [1.29, 1.82) is 0 Å². The molecule has 0 amide bonds. The molecule has 11 heavy (non-hydrogen) atoms. The number of hydrogen-bond donors (Lipinski definition) is 1. The van der Waals surface area contributed by atoms with E-state index < -0.39 is 0 Å². The SMILES string of the molecule is Cc1cc(CCO)cc(C)n1. The van der Waals surface area contributed by atoms with E-state index in [9.17, 15) is 0 Å². The van der Waals surface area contributed by atoms with Crippen molar-refractivity contribution in [1.82, 2.24) is 4.98 Å². The quantitative estimate of drug-likeness (QED) is 0.689. The van der Waals surface area contributed by atoms with Gasteiger partial charge in [0.25, 0.3) is 0 Å². The summed E-state index contributed by atoms with van der Waals surface area (Å²) in [7, 11) is 0. The van der Waals surface area contributed by atoms with Gasteiger partial charge in [-0.05, 0) is 38.0 Å². The van der Waals surface area contributed by atoms with E-state index in [2.05, 4.69) is 4.98 Å². The molecule has 0 aliphatic heterocycles. The molecular weight excluding hydrogens is 138 g/mol. The summed E-state index contributed by atoms with van der Waals surface area (Å²) in [6.45, 7) is 4.14. The number of aliphatic hydroxyl groups excluding tert-OH is 1. The fraction of sp³-hybridized carbons (Fsp3) is 0.444. The summed E-state index contributed by atoms with van der Waals surface area (Å²) >= 11 is 0. The Bertz CT molecular complexity index is 225. The Labute approximate surface area is 66.9 Å². The van der Waals surface area contributed by atoms with Gasteiger partial charge in [-0.1, -0.05) is 0 Å². The van der Waals surface area contributed by atoms with Gasteiger partial charge < -0.3 is 5.11 Å². The molecule has 2 heteroatoms. The predicted molar refractivity (Wildman–Crippen MR) is 44.5 cm³/mol. The van der Waals surface area contributed by atoms with Crippen LogP contribution in [0.25, 0.3) is 0 Å². The van der Waals surface area contributed by atoms with Crippen molar-refractivity contribution in [3.05, 3.63) is 29.1 Å². The number of pyridine rings is 1. The van der Waals surface area contributed by atoms with Crippen LogP contribution in [0.3, 0.4) is 0 Å². The van der Waals surface area contributed by atoms with Gasteiger partial charge in [-0.2, -0.15) is 0 Å². The van der Waals surface area contributed by atoms with Gasteiger partial charge in [0.15, 0.2) is 0 Å². The monoisotopic (exact) mass is 151 g/mol. The number of hydrogen-bond acceptors (Lipinski definition) is 2. The number of rotatable bonds is 2. The van der Waals surface area contributed by atoms with E-state index >= 15 is 0 Å². The molecule has 0 unspecified atom stereocenters. The highest BCUT2D eigenvalue weighted by atomic mass is 16.2. The van der Waals surface area contributed by atoms with Gasteiger partial charge >= 0.3 is 0 Å². The average Bonchev–Trinajstić information content (AvgIpc) is 1.85. The summed E-state index contributed by atoms with van der Waals surface area (Å²) in [5.41, 5.74) is 3.21. The van der Waals surface area contributed by atoms with Gasteiger partial charge in [-0.25, -0.2) is 0 Å². The molecule has 0 spiro atoms. The number of aliphatic hydroxyl groups is 1. The van der Waals surface area contributed by atoms with E-state index in [4.69, 9.17) is 5.11 Å². The maximum atomic E-state index is 8.68. The first kappa shape index (κ1) is 8.21. The van der Waals surface area contributed by atoms with Gasteiger partial charge in [-0.3, -0.25) is 4.98 Å². The van der Waals surface area contributed by atoms with Crippen molar-refractivity contribution >= 4 is 0 Å². The van der Waals surface area contributed by atoms with Gasteiger partial charge in [0, 0.05) is 18.0 Å². The summed E-state index contributed by atoms with van der Waals surface area (Å²) in [5.74, 6) is 0. The van der Waals surface area contributed by atoms with E-state index in [0.29, 0.717) is 0 Å². The smallest absolute Gasteiger partial charge is 0.0471 e. The second kappa shape index (κ2) is 3.49. The first-order chi connectivity index (χ1) is 5.22. The molecule has 0 fully saturated rings. The van der Waals surface area contributed by atoms with Crippen molar-refractivity contribution in [3.8, 4) is 0 Å². The normalized spacial score (nSPS) is 10.1. The Morgan fingerprint density at radius 3 is 2.27 bits per heavy atom. The van der Waals surface area contributed by atoms with Crippen LogP contribution < -0.4 is 0 Å². The molecule has 2 nitrogen and oxygen atoms in total. The maximum Gasteiger partial charge on any atom is 0.0471 e. The molecule has 1 aromatic heterocycles. The largest absolute Gasteiger partial charge is 0.396 e. The van der Waals surface area contributed by atoms with Crippen molar-refractivity contribution in [2.24, 2.45) is 0 Å². The molecule has 0 saturated heterocycles. The molecule has 0 aromatic carbocycles. The zero-order chi connectivity index (χ0) is 8.27. The molecule has 0 aliphatic rings. The lowest BCUT2D eigenvalue weighted by molar-refractivity contribution is 0.299. The molecule has 1 heterocycles. The molecule has 1 aromatic rings. The zero-order valence-electron chi connectivity index (χ0n) is 6.96. The fourth-order valence-electron chi connectivity index (χ4n) is 1.19. The lowest BCUT2D eigenvalue weighted by atomic mass is 10.1. The summed E-state index contributed by atoms with van der Waals surface area (Å²) in [5, 5.41) is 8.68. The molecular formula is C9H13NO. The van der Waals surface area contributed by atoms with E-state index in [1.54, 1.807) is 0 Å². The fourth-order valence-corrected chi connectivity index (χ4v) is 1.19. The van der Waals surface area contributed by atoms with Crippen LogP contribution in [-0.2, 0) is 6.42 Å². The minimum Gasteiger partial charge on any atom is -0.396 e. The first-order valence-electron chi connectivity index (χ1n) is 3.77. The third-order valence-corrected chi connectivity index (χ3v) is 1.54. The number of aromatic nitrogens is 1. The highest BCUT2D eigenvalue weighted by molar-refractivity contribution is 5.20. The molecule has 0 aliphatic carbocycles. The zero-order valence-corrected chi connectivity index (χ0v) is 6.96. The van der Waals surface area contributed by atoms with Crippen LogP contribution >= 0.6 is 0 Å². The first-order valence-corrected chi connectivity index (χ1v) is 3.77. The van der Waals surface area contributed by atoms with Crippen LogP contribution in [-0.4, -0.2) is 16.7 Å². The Kier molecular flexibility index (Phi) is 2.60. The van der Waals surface area contributed by atoms with Gasteiger partial charge in [0.05, 0.1) is 0 Å². The molecule has 0 radical (unpaired) electrons. The van der Waals surface area contributed by atoms with Gasteiger partial charge in [0.1, 0.15) is 0 Å². The molecule has 0 atom stereocenters. The maximum absolute atomic E-state index is 8.68. The van der Waals surface area contributed by atoms with Gasteiger partial charge in [-0.15, -0.1) is 0 Å². The Morgan fingerprint density at radius 2 is 1.82 bits per heavy atom. The summed E-state index contributed by atoms with van der Waals surface area (Å²) in [6.07, 6.45) is 0.726. The van der Waals surface area contributed by atoms with Crippen molar-refractivity contribution in [2.75, 3.05) is 6.61 Å². The van der Waals surface area contributed by atoms with Crippen LogP contribution in [0, 0.1) is 13.8 Å². The molecule has 1 rings (SSSR count). The third kappa shape index (κ3) is 2.31. The minimum atomic E-state index is 0.211.